The molecule has 4 fully saturated rings. The van der Waals surface area contributed by atoms with Gasteiger partial charge in [-0.05, 0) is 42.2 Å². The number of carbonyl (C=O) groups excluding carboxylic acids is 1. The third-order valence-electron chi connectivity index (χ3n) is 7.31. The van der Waals surface area contributed by atoms with Crippen molar-refractivity contribution >= 4 is 5.97 Å². The van der Waals surface area contributed by atoms with Gasteiger partial charge in [0.15, 0.2) is 0 Å². The Labute approximate surface area is 141 Å². The summed E-state index contributed by atoms with van der Waals surface area (Å²) >= 11 is 0. The molecule has 7 unspecified atom stereocenters. The van der Waals surface area contributed by atoms with E-state index in [0.717, 1.165) is 0 Å². The Morgan fingerprint density at radius 3 is 2.54 bits per heavy atom. The van der Waals surface area contributed by atoms with Gasteiger partial charge in [0.2, 0.25) is 0 Å². The normalized spacial score (nSPS) is 48.6. The number of benzene rings is 1. The Morgan fingerprint density at radius 1 is 1.08 bits per heavy atom. The van der Waals surface area contributed by atoms with E-state index in [1.54, 1.807) is 0 Å². The molecule has 0 N–H and O–H groups in total. The third kappa shape index (κ3) is 1.50. The first kappa shape index (κ1) is 13.9. The predicted octanol–water partition coefficient (Wildman–Crippen LogP) is 3.03. The largest absolute Gasteiger partial charge is 0.466 e. The zero-order chi connectivity index (χ0) is 16.0. The average molecular weight is 326 g/mol. The minimum absolute atomic E-state index is 0.0591. The van der Waals surface area contributed by atoms with Crippen molar-refractivity contribution in [1.82, 2.24) is 0 Å². The summed E-state index contributed by atoms with van der Waals surface area (Å²) in [5.41, 5.74) is 2.62. The van der Waals surface area contributed by atoms with Crippen LogP contribution in [0.5, 0.6) is 0 Å². The van der Waals surface area contributed by atoms with Crippen molar-refractivity contribution in [2.24, 2.45) is 29.6 Å². The second kappa shape index (κ2) is 4.61. The second-order valence-corrected chi connectivity index (χ2v) is 8.05. The average Bonchev–Trinajstić information content (AvgIpc) is 3.22. The first-order valence-electron chi connectivity index (χ1n) is 9.33. The molecule has 2 saturated heterocycles. The molecule has 6 rings (SSSR count). The van der Waals surface area contributed by atoms with Gasteiger partial charge in [-0.2, -0.15) is 0 Å². The fraction of sp³-hybridized carbons (Fsp3) is 0.650. The molecule has 2 saturated carbocycles. The molecular weight excluding hydrogens is 304 g/mol. The number of fused-ring (bicyclic) bond motifs is 4. The van der Waals surface area contributed by atoms with Crippen molar-refractivity contribution in [1.29, 1.82) is 0 Å². The van der Waals surface area contributed by atoms with Gasteiger partial charge in [0.1, 0.15) is 0 Å². The molecule has 2 bridgehead atoms. The molecule has 9 atom stereocenters. The van der Waals surface area contributed by atoms with E-state index in [-0.39, 0.29) is 30.4 Å². The van der Waals surface area contributed by atoms with Crippen molar-refractivity contribution in [3.63, 3.8) is 0 Å². The van der Waals surface area contributed by atoms with Gasteiger partial charge in [0, 0.05) is 11.8 Å². The van der Waals surface area contributed by atoms with E-state index >= 15 is 0 Å². The summed E-state index contributed by atoms with van der Waals surface area (Å²) in [6.45, 7) is 2.29. The summed E-state index contributed by atoms with van der Waals surface area (Å²) in [6.07, 6.45) is 2.22. The van der Waals surface area contributed by atoms with Crippen LogP contribution in [-0.4, -0.2) is 24.8 Å². The van der Waals surface area contributed by atoms with Gasteiger partial charge in [-0.25, -0.2) is 0 Å². The Hall–Kier alpha value is -1.39. The maximum absolute atomic E-state index is 12.1. The lowest BCUT2D eigenvalue weighted by molar-refractivity contribution is -0.179. The van der Waals surface area contributed by atoms with Crippen LogP contribution in [0.15, 0.2) is 24.3 Å². The van der Waals surface area contributed by atoms with E-state index in [1.165, 1.54) is 17.5 Å². The van der Waals surface area contributed by atoms with Crippen molar-refractivity contribution in [3.8, 4) is 0 Å². The maximum Gasteiger partial charge on any atom is 0.308 e. The Morgan fingerprint density at radius 2 is 1.79 bits per heavy atom. The van der Waals surface area contributed by atoms with Crippen LogP contribution in [0, 0.1) is 29.6 Å². The number of hydrogen-bond acceptors (Lipinski definition) is 4. The van der Waals surface area contributed by atoms with Crippen molar-refractivity contribution in [2.75, 3.05) is 6.61 Å². The molecule has 3 aliphatic carbocycles. The van der Waals surface area contributed by atoms with Crippen molar-refractivity contribution in [2.45, 2.75) is 44.2 Å². The van der Waals surface area contributed by atoms with E-state index in [1.807, 2.05) is 6.92 Å². The molecule has 1 aromatic carbocycles. The fourth-order valence-electron chi connectivity index (χ4n) is 6.82. The quantitative estimate of drug-likeness (QED) is 0.801. The summed E-state index contributed by atoms with van der Waals surface area (Å²) in [6, 6.07) is 8.62. The SMILES string of the molecule is CCOC(=O)C[C@H]1O[C@@H]2c3ccccc3C3OC4C5CC(C2C35)C41. The highest BCUT2D eigenvalue weighted by Gasteiger charge is 2.72. The Kier molecular flexibility index (Phi) is 2.66. The molecule has 0 amide bonds. The molecule has 0 radical (unpaired) electrons. The first-order chi connectivity index (χ1) is 11.8. The van der Waals surface area contributed by atoms with Crippen LogP contribution in [-0.2, 0) is 19.0 Å². The molecule has 2 aliphatic heterocycles. The molecular formula is C20H22O4. The molecule has 126 valence electrons. The Bertz CT molecular complexity index is 715. The monoisotopic (exact) mass is 326 g/mol. The number of rotatable bonds is 3. The van der Waals surface area contributed by atoms with E-state index in [4.69, 9.17) is 14.2 Å². The molecule has 0 aromatic heterocycles. The predicted molar refractivity (Wildman–Crippen MR) is 85.0 cm³/mol. The number of hydrogen-bond donors (Lipinski definition) is 0. The van der Waals surface area contributed by atoms with Gasteiger partial charge in [-0.15, -0.1) is 0 Å². The van der Waals surface area contributed by atoms with Gasteiger partial charge < -0.3 is 14.2 Å². The minimum atomic E-state index is -0.138. The lowest BCUT2D eigenvalue weighted by Gasteiger charge is -2.50. The highest BCUT2D eigenvalue weighted by atomic mass is 16.5. The van der Waals surface area contributed by atoms with Crippen molar-refractivity contribution < 1.29 is 19.0 Å². The summed E-state index contributed by atoms with van der Waals surface area (Å²) in [5, 5.41) is 0. The summed E-state index contributed by atoms with van der Waals surface area (Å²) in [5.74, 6) is 2.76. The lowest BCUT2D eigenvalue weighted by Crippen LogP contribution is -2.50. The van der Waals surface area contributed by atoms with Crippen LogP contribution in [0.1, 0.15) is 43.1 Å². The number of esters is 1. The van der Waals surface area contributed by atoms with Gasteiger partial charge in [0.25, 0.3) is 0 Å². The molecule has 0 spiro atoms. The summed E-state index contributed by atoms with van der Waals surface area (Å²) in [4.78, 5) is 12.1. The van der Waals surface area contributed by atoms with Gasteiger partial charge >= 0.3 is 5.97 Å². The van der Waals surface area contributed by atoms with E-state index < -0.39 is 0 Å². The van der Waals surface area contributed by atoms with Crippen molar-refractivity contribution in [3.05, 3.63) is 35.4 Å². The van der Waals surface area contributed by atoms with Crippen LogP contribution in [0.2, 0.25) is 0 Å². The highest BCUT2D eigenvalue weighted by Crippen LogP contribution is 2.73. The smallest absolute Gasteiger partial charge is 0.308 e. The van der Waals surface area contributed by atoms with Gasteiger partial charge in [-0.3, -0.25) is 4.79 Å². The molecule has 4 heteroatoms. The van der Waals surface area contributed by atoms with Gasteiger partial charge in [0.05, 0.1) is 37.4 Å². The Balaban J connectivity index is 1.44. The number of carbonyl (C=O) groups is 1. The maximum atomic E-state index is 12.1. The molecule has 5 aliphatic rings. The molecule has 24 heavy (non-hydrogen) atoms. The minimum Gasteiger partial charge on any atom is -0.466 e. The van der Waals surface area contributed by atoms with Crippen LogP contribution >= 0.6 is 0 Å². The van der Waals surface area contributed by atoms with Crippen LogP contribution in [0.25, 0.3) is 0 Å². The second-order valence-electron chi connectivity index (χ2n) is 8.05. The highest BCUT2D eigenvalue weighted by molar-refractivity contribution is 5.70. The first-order valence-corrected chi connectivity index (χ1v) is 9.33. The zero-order valence-electron chi connectivity index (χ0n) is 13.8. The summed E-state index contributed by atoms with van der Waals surface area (Å²) in [7, 11) is 0. The third-order valence-corrected chi connectivity index (χ3v) is 7.31. The summed E-state index contributed by atoms with van der Waals surface area (Å²) < 4.78 is 18.4. The zero-order valence-corrected chi connectivity index (χ0v) is 13.8. The van der Waals surface area contributed by atoms with Crippen LogP contribution < -0.4 is 0 Å². The molecule has 1 aromatic rings. The lowest BCUT2D eigenvalue weighted by atomic mass is 9.61. The molecule has 4 nitrogen and oxygen atoms in total. The van der Waals surface area contributed by atoms with E-state index in [0.29, 0.717) is 42.6 Å². The fourth-order valence-corrected chi connectivity index (χ4v) is 6.82. The van der Waals surface area contributed by atoms with Crippen LogP contribution in [0.3, 0.4) is 0 Å². The van der Waals surface area contributed by atoms with E-state index in [2.05, 4.69) is 24.3 Å². The van der Waals surface area contributed by atoms with E-state index in [9.17, 15) is 4.79 Å². The molecule has 2 heterocycles. The standard InChI is InChI=1S/C20H22O4/c1-2-22-14(21)8-13-15-11-7-12-17-16(11)18(23-13)9-5-3-4-6-10(9)19(17)24-20(12)15/h3-6,11-13,15-20H,2,7-8H2,1H3/t11?,12?,13-,15?,16?,17?,18-,19?,20?/m1/s1. The van der Waals surface area contributed by atoms with Gasteiger partial charge in [-0.1, -0.05) is 24.3 Å². The van der Waals surface area contributed by atoms with Crippen LogP contribution in [0.4, 0.5) is 0 Å². The topological polar surface area (TPSA) is 44.8 Å². The number of ether oxygens (including phenoxy) is 3.